The molecule has 0 unspecified atom stereocenters. The molecule has 4 heteroatoms. The zero-order valence-corrected chi connectivity index (χ0v) is 7.32. The van der Waals surface area contributed by atoms with Crippen LogP contribution in [0.25, 0.3) is 0 Å². The minimum Gasteiger partial charge on any atom is -0.355 e. The van der Waals surface area contributed by atoms with Gasteiger partial charge in [-0.3, -0.25) is 4.99 Å². The smallest absolute Gasteiger partial charge is 0.123 e. The van der Waals surface area contributed by atoms with Gasteiger partial charge in [-0.15, -0.1) is 0 Å². The number of aliphatic imine (C=N–C) groups is 2. The van der Waals surface area contributed by atoms with Gasteiger partial charge in [0.25, 0.3) is 0 Å². The van der Waals surface area contributed by atoms with Crippen LogP contribution in [0.3, 0.4) is 0 Å². The summed E-state index contributed by atoms with van der Waals surface area (Å²) in [7, 11) is 1.98. The highest BCUT2D eigenvalue weighted by atomic mass is 15.3. The Morgan fingerprint density at radius 3 is 2.75 bits per heavy atom. The van der Waals surface area contributed by atoms with Gasteiger partial charge in [0.2, 0.25) is 0 Å². The van der Waals surface area contributed by atoms with E-state index in [1.54, 1.807) is 0 Å². The molecule has 0 aromatic carbocycles. The third-order valence-electron chi connectivity index (χ3n) is 2.00. The summed E-state index contributed by atoms with van der Waals surface area (Å²) in [6.45, 7) is 9.12. The second-order valence-corrected chi connectivity index (χ2v) is 2.77. The van der Waals surface area contributed by atoms with E-state index in [1.165, 1.54) is 6.34 Å². The number of nitrogens with one attached hydrogen (secondary N) is 1. The van der Waals surface area contributed by atoms with Crippen LogP contribution in [0.15, 0.2) is 22.4 Å². The summed E-state index contributed by atoms with van der Waals surface area (Å²) in [6, 6.07) is 0.527. The lowest BCUT2D eigenvalue weighted by atomic mass is 10.1. The first kappa shape index (κ1) is 8.93. The molecule has 1 heterocycles. The molecule has 1 N–H and O–H groups in total. The van der Waals surface area contributed by atoms with Crippen molar-refractivity contribution in [1.29, 1.82) is 0 Å². The predicted octanol–water partition coefficient (Wildman–Crippen LogP) is 0.0901. The van der Waals surface area contributed by atoms with Crippen LogP contribution in [0.4, 0.5) is 0 Å². The van der Waals surface area contributed by atoms with Crippen molar-refractivity contribution >= 4 is 13.1 Å². The van der Waals surface area contributed by atoms with E-state index < -0.39 is 0 Å². The molecule has 0 aromatic rings. The normalized spacial score (nSPS) is 17.4. The van der Waals surface area contributed by atoms with Crippen LogP contribution in [0, 0.1) is 0 Å². The summed E-state index contributed by atoms with van der Waals surface area (Å²) in [5.41, 5.74) is 0. The molecule has 0 spiro atoms. The second-order valence-electron chi connectivity index (χ2n) is 2.77. The van der Waals surface area contributed by atoms with Gasteiger partial charge in [0, 0.05) is 20.1 Å². The maximum atomic E-state index is 4.00. The Balaban J connectivity index is 2.39. The molecule has 0 bridgehead atoms. The molecule has 1 rings (SSSR count). The summed E-state index contributed by atoms with van der Waals surface area (Å²) in [5.74, 6) is 0.730. The zero-order chi connectivity index (χ0) is 8.97. The quantitative estimate of drug-likeness (QED) is 0.475. The lowest BCUT2D eigenvalue weighted by molar-refractivity contribution is 0.223. The van der Waals surface area contributed by atoms with Gasteiger partial charge in [0.05, 0.1) is 6.04 Å². The summed E-state index contributed by atoms with van der Waals surface area (Å²) in [4.78, 5) is 9.55. The van der Waals surface area contributed by atoms with E-state index in [4.69, 9.17) is 0 Å². The summed E-state index contributed by atoms with van der Waals surface area (Å²) in [5, 5.41) is 3.18. The summed E-state index contributed by atoms with van der Waals surface area (Å²) >= 11 is 0. The van der Waals surface area contributed by atoms with Gasteiger partial charge in [0.1, 0.15) is 12.2 Å². The van der Waals surface area contributed by atoms with E-state index in [1.807, 2.05) is 11.9 Å². The van der Waals surface area contributed by atoms with E-state index in [9.17, 15) is 0 Å². The van der Waals surface area contributed by atoms with E-state index in [0.717, 1.165) is 18.9 Å². The lowest BCUT2D eigenvalue weighted by Crippen LogP contribution is -2.55. The molecule has 0 aliphatic carbocycles. The van der Waals surface area contributed by atoms with Crippen molar-refractivity contribution in [2.75, 3.05) is 20.1 Å². The van der Waals surface area contributed by atoms with Crippen LogP contribution >= 0.6 is 0 Å². The first-order valence-corrected chi connectivity index (χ1v) is 3.86. The number of nitrogens with zero attached hydrogens (tertiary/aromatic N) is 3. The Morgan fingerprint density at radius 1 is 1.67 bits per heavy atom. The Hall–Kier alpha value is -1.16. The van der Waals surface area contributed by atoms with Crippen molar-refractivity contribution in [2.45, 2.75) is 6.04 Å². The number of rotatable bonds is 4. The maximum absolute atomic E-state index is 4.00. The largest absolute Gasteiger partial charge is 0.355 e. The zero-order valence-electron chi connectivity index (χ0n) is 7.32. The molecule has 1 fully saturated rings. The Labute approximate surface area is 72.7 Å². The van der Waals surface area contributed by atoms with Crippen molar-refractivity contribution in [3.05, 3.63) is 12.4 Å². The molecule has 0 atom stereocenters. The fourth-order valence-electron chi connectivity index (χ4n) is 0.957. The molecular formula is C8H14N4. The van der Waals surface area contributed by atoms with E-state index >= 15 is 0 Å². The molecule has 1 aliphatic rings. The van der Waals surface area contributed by atoms with Gasteiger partial charge in [0.15, 0.2) is 0 Å². The number of hydrogen-bond acceptors (Lipinski definition) is 3. The highest BCUT2D eigenvalue weighted by Gasteiger charge is 2.21. The van der Waals surface area contributed by atoms with Crippen molar-refractivity contribution < 1.29 is 0 Å². The highest BCUT2D eigenvalue weighted by molar-refractivity contribution is 5.63. The second kappa shape index (κ2) is 4.01. The van der Waals surface area contributed by atoms with Gasteiger partial charge in [-0.1, -0.05) is 6.58 Å². The van der Waals surface area contributed by atoms with Crippen molar-refractivity contribution in [3.63, 3.8) is 0 Å². The Morgan fingerprint density at radius 2 is 2.33 bits per heavy atom. The van der Waals surface area contributed by atoms with Crippen LogP contribution in [0.1, 0.15) is 0 Å². The molecule has 1 saturated heterocycles. The molecule has 4 nitrogen and oxygen atoms in total. The van der Waals surface area contributed by atoms with Crippen molar-refractivity contribution in [3.8, 4) is 0 Å². The minimum atomic E-state index is 0.527. The third kappa shape index (κ3) is 1.92. The van der Waals surface area contributed by atoms with E-state index in [-0.39, 0.29) is 0 Å². The van der Waals surface area contributed by atoms with Gasteiger partial charge in [-0.05, 0) is 6.72 Å². The predicted molar refractivity (Wildman–Crippen MR) is 51.6 cm³/mol. The van der Waals surface area contributed by atoms with Crippen LogP contribution in [-0.2, 0) is 0 Å². The first-order valence-electron chi connectivity index (χ1n) is 3.86. The molecule has 12 heavy (non-hydrogen) atoms. The minimum absolute atomic E-state index is 0.527. The standard InChI is InChI=1S/C8H14N4/c1-7(11-6-9-2)12(3)8-4-10-5-8/h6,8,10H,1-2,4-5H2,3H3. The Bertz CT molecular complexity index is 205. The highest BCUT2D eigenvalue weighted by Crippen LogP contribution is 2.08. The van der Waals surface area contributed by atoms with Crippen molar-refractivity contribution in [2.24, 2.45) is 9.98 Å². The van der Waals surface area contributed by atoms with Gasteiger partial charge in [-0.25, -0.2) is 4.99 Å². The SMILES string of the molecule is C=NC=NC(=C)N(C)C1CNC1. The topological polar surface area (TPSA) is 40.0 Å². The van der Waals surface area contributed by atoms with Gasteiger partial charge < -0.3 is 10.2 Å². The fraction of sp³-hybridized carbons (Fsp3) is 0.500. The average Bonchev–Trinajstić information content (AvgIpc) is 1.96. The fourth-order valence-corrected chi connectivity index (χ4v) is 0.957. The van der Waals surface area contributed by atoms with Crippen LogP contribution in [0.5, 0.6) is 0 Å². The average molecular weight is 166 g/mol. The molecular weight excluding hydrogens is 152 g/mol. The van der Waals surface area contributed by atoms with E-state index in [2.05, 4.69) is 28.6 Å². The van der Waals surface area contributed by atoms with Gasteiger partial charge in [-0.2, -0.15) is 0 Å². The van der Waals surface area contributed by atoms with Crippen molar-refractivity contribution in [1.82, 2.24) is 10.2 Å². The van der Waals surface area contributed by atoms with Crippen LogP contribution in [-0.4, -0.2) is 44.1 Å². The van der Waals surface area contributed by atoms with E-state index in [0.29, 0.717) is 6.04 Å². The summed E-state index contributed by atoms with van der Waals surface area (Å²) < 4.78 is 0. The molecule has 0 saturated carbocycles. The lowest BCUT2D eigenvalue weighted by Gasteiger charge is -2.36. The molecule has 0 radical (unpaired) electrons. The number of hydrogen-bond donors (Lipinski definition) is 1. The maximum Gasteiger partial charge on any atom is 0.123 e. The van der Waals surface area contributed by atoms with Gasteiger partial charge >= 0.3 is 0 Å². The molecule has 0 aromatic heterocycles. The van der Waals surface area contributed by atoms with Crippen LogP contribution < -0.4 is 5.32 Å². The third-order valence-corrected chi connectivity index (χ3v) is 2.00. The summed E-state index contributed by atoms with van der Waals surface area (Å²) in [6.07, 6.45) is 1.41. The number of likely N-dealkylation sites (N-methyl/N-ethyl adjacent to an activating group) is 1. The molecule has 1 aliphatic heterocycles. The molecule has 0 amide bonds. The first-order chi connectivity index (χ1) is 5.75. The monoisotopic (exact) mass is 166 g/mol. The molecule has 66 valence electrons. The Kier molecular flexibility index (Phi) is 2.99. The van der Waals surface area contributed by atoms with Crippen LogP contribution in [0.2, 0.25) is 0 Å².